The number of nitrogens with zero attached hydrogens (tertiary/aromatic N) is 1. The third-order valence-corrected chi connectivity index (χ3v) is 3.65. The summed E-state index contributed by atoms with van der Waals surface area (Å²) in [7, 11) is 0. The Balaban J connectivity index is 1.62. The average Bonchev–Trinajstić information content (AvgIpc) is 2.97. The number of aromatic amines is 1. The summed E-state index contributed by atoms with van der Waals surface area (Å²) in [5, 5.41) is 2.85. The van der Waals surface area contributed by atoms with E-state index >= 15 is 0 Å². The molecule has 22 heavy (non-hydrogen) atoms. The van der Waals surface area contributed by atoms with E-state index in [1.54, 1.807) is 0 Å². The average molecular weight is 293 g/mol. The summed E-state index contributed by atoms with van der Waals surface area (Å²) in [6.07, 6.45) is 2.28. The number of aromatic nitrogens is 2. The molecule has 0 aliphatic carbocycles. The van der Waals surface area contributed by atoms with Gasteiger partial charge in [-0.2, -0.15) is 0 Å². The maximum atomic E-state index is 11.3. The number of amides is 1. The molecule has 2 N–H and O–H groups in total. The second-order valence-corrected chi connectivity index (χ2v) is 5.30. The Kier molecular flexibility index (Phi) is 4.19. The number of benzene rings is 2. The van der Waals surface area contributed by atoms with Crippen LogP contribution < -0.4 is 5.32 Å². The standard InChI is InChI=1S/C18H19N3O/c1-2-18(22)19-14-10-7-13(8-11-14)9-12-17-20-15-5-3-4-6-16(15)21-17/h3-8,10-11H,2,9,12H2,1H3,(H,19,22)(H,20,21). The van der Waals surface area contributed by atoms with Gasteiger partial charge in [-0.1, -0.05) is 31.2 Å². The minimum absolute atomic E-state index is 0.0371. The second-order valence-electron chi connectivity index (χ2n) is 5.30. The fourth-order valence-electron chi connectivity index (χ4n) is 2.39. The number of rotatable bonds is 5. The second kappa shape index (κ2) is 6.43. The molecule has 4 heteroatoms. The summed E-state index contributed by atoms with van der Waals surface area (Å²) in [6, 6.07) is 16.0. The van der Waals surface area contributed by atoms with Gasteiger partial charge in [0.05, 0.1) is 11.0 Å². The molecule has 0 saturated heterocycles. The monoisotopic (exact) mass is 293 g/mol. The first-order valence-corrected chi connectivity index (χ1v) is 7.57. The number of anilines is 1. The lowest BCUT2D eigenvalue weighted by Crippen LogP contribution is -2.09. The maximum Gasteiger partial charge on any atom is 0.224 e. The Morgan fingerprint density at radius 2 is 1.86 bits per heavy atom. The van der Waals surface area contributed by atoms with Gasteiger partial charge in [0, 0.05) is 18.5 Å². The number of hydrogen-bond donors (Lipinski definition) is 2. The van der Waals surface area contributed by atoms with Gasteiger partial charge in [0.25, 0.3) is 0 Å². The number of imidazole rings is 1. The van der Waals surface area contributed by atoms with Crippen molar-refractivity contribution in [3.8, 4) is 0 Å². The van der Waals surface area contributed by atoms with E-state index in [0.717, 1.165) is 35.4 Å². The molecule has 0 spiro atoms. The van der Waals surface area contributed by atoms with E-state index in [-0.39, 0.29) is 5.91 Å². The van der Waals surface area contributed by atoms with Gasteiger partial charge in [-0.25, -0.2) is 4.98 Å². The molecule has 1 heterocycles. The molecule has 4 nitrogen and oxygen atoms in total. The number of hydrogen-bond acceptors (Lipinski definition) is 2. The molecule has 0 radical (unpaired) electrons. The van der Waals surface area contributed by atoms with E-state index in [1.807, 2.05) is 55.5 Å². The highest BCUT2D eigenvalue weighted by Gasteiger charge is 2.03. The highest BCUT2D eigenvalue weighted by molar-refractivity contribution is 5.90. The van der Waals surface area contributed by atoms with Crippen LogP contribution in [-0.4, -0.2) is 15.9 Å². The molecular formula is C18H19N3O. The van der Waals surface area contributed by atoms with E-state index in [2.05, 4.69) is 15.3 Å². The van der Waals surface area contributed by atoms with Crippen molar-refractivity contribution in [1.82, 2.24) is 9.97 Å². The predicted octanol–water partition coefficient (Wildman–Crippen LogP) is 3.70. The third kappa shape index (κ3) is 3.34. The fourth-order valence-corrected chi connectivity index (χ4v) is 2.39. The lowest BCUT2D eigenvalue weighted by molar-refractivity contribution is -0.115. The van der Waals surface area contributed by atoms with Crippen molar-refractivity contribution in [2.45, 2.75) is 26.2 Å². The molecule has 0 aliphatic heterocycles. The van der Waals surface area contributed by atoms with Crippen LogP contribution in [0, 0.1) is 0 Å². The summed E-state index contributed by atoms with van der Waals surface area (Å²) in [6.45, 7) is 1.84. The number of H-pyrrole nitrogens is 1. The Morgan fingerprint density at radius 3 is 2.59 bits per heavy atom. The van der Waals surface area contributed by atoms with E-state index in [0.29, 0.717) is 6.42 Å². The lowest BCUT2D eigenvalue weighted by atomic mass is 10.1. The van der Waals surface area contributed by atoms with Crippen molar-refractivity contribution in [2.24, 2.45) is 0 Å². The van der Waals surface area contributed by atoms with E-state index in [9.17, 15) is 4.79 Å². The Labute approximate surface area is 129 Å². The van der Waals surface area contributed by atoms with Crippen molar-refractivity contribution in [2.75, 3.05) is 5.32 Å². The largest absolute Gasteiger partial charge is 0.342 e. The number of carbonyl (C=O) groups excluding carboxylic acids is 1. The topological polar surface area (TPSA) is 57.8 Å². The van der Waals surface area contributed by atoms with Crippen LogP contribution in [0.25, 0.3) is 11.0 Å². The Morgan fingerprint density at radius 1 is 1.09 bits per heavy atom. The highest BCUT2D eigenvalue weighted by Crippen LogP contribution is 2.14. The van der Waals surface area contributed by atoms with Crippen LogP contribution in [0.15, 0.2) is 48.5 Å². The minimum Gasteiger partial charge on any atom is -0.342 e. The predicted molar refractivity (Wildman–Crippen MR) is 88.9 cm³/mol. The Hall–Kier alpha value is -2.62. The van der Waals surface area contributed by atoms with Crippen LogP contribution in [-0.2, 0) is 17.6 Å². The zero-order chi connectivity index (χ0) is 15.4. The van der Waals surface area contributed by atoms with Crippen LogP contribution in [0.2, 0.25) is 0 Å². The van der Waals surface area contributed by atoms with Crippen LogP contribution in [0.4, 0.5) is 5.69 Å². The number of fused-ring (bicyclic) bond motifs is 1. The number of para-hydroxylation sites is 2. The Bertz CT molecular complexity index is 741. The molecule has 0 atom stereocenters. The molecule has 1 aromatic heterocycles. The summed E-state index contributed by atoms with van der Waals surface area (Å²) < 4.78 is 0. The highest BCUT2D eigenvalue weighted by atomic mass is 16.1. The van der Waals surface area contributed by atoms with Crippen molar-refractivity contribution in [3.05, 3.63) is 59.9 Å². The molecule has 2 aromatic carbocycles. The summed E-state index contributed by atoms with van der Waals surface area (Å²) in [5.74, 6) is 1.04. The third-order valence-electron chi connectivity index (χ3n) is 3.65. The van der Waals surface area contributed by atoms with Gasteiger partial charge < -0.3 is 10.3 Å². The molecule has 0 unspecified atom stereocenters. The van der Waals surface area contributed by atoms with Crippen LogP contribution in [0.1, 0.15) is 24.7 Å². The van der Waals surface area contributed by atoms with Crippen LogP contribution in [0.3, 0.4) is 0 Å². The van der Waals surface area contributed by atoms with Crippen LogP contribution in [0.5, 0.6) is 0 Å². The molecule has 112 valence electrons. The summed E-state index contributed by atoms with van der Waals surface area (Å²) in [4.78, 5) is 19.3. The number of nitrogens with one attached hydrogen (secondary N) is 2. The summed E-state index contributed by atoms with van der Waals surface area (Å²) in [5.41, 5.74) is 4.17. The fraction of sp³-hybridized carbons (Fsp3) is 0.222. The van der Waals surface area contributed by atoms with Crippen molar-refractivity contribution in [3.63, 3.8) is 0 Å². The summed E-state index contributed by atoms with van der Waals surface area (Å²) >= 11 is 0. The van der Waals surface area contributed by atoms with Gasteiger partial charge in [0.15, 0.2) is 0 Å². The van der Waals surface area contributed by atoms with E-state index in [4.69, 9.17) is 0 Å². The maximum absolute atomic E-state index is 11.3. The van der Waals surface area contributed by atoms with Gasteiger partial charge in [-0.05, 0) is 36.2 Å². The minimum atomic E-state index is 0.0371. The molecule has 1 amide bonds. The first-order valence-electron chi connectivity index (χ1n) is 7.57. The molecule has 0 bridgehead atoms. The van der Waals surface area contributed by atoms with Gasteiger partial charge in [-0.3, -0.25) is 4.79 Å². The lowest BCUT2D eigenvalue weighted by Gasteiger charge is -2.05. The normalized spacial score (nSPS) is 10.8. The number of carbonyl (C=O) groups is 1. The quantitative estimate of drug-likeness (QED) is 0.753. The molecule has 0 saturated carbocycles. The van der Waals surface area contributed by atoms with E-state index < -0.39 is 0 Å². The van der Waals surface area contributed by atoms with Crippen LogP contribution >= 0.6 is 0 Å². The number of aryl methyl sites for hydroxylation is 2. The molecular weight excluding hydrogens is 274 g/mol. The molecule has 3 aromatic rings. The SMILES string of the molecule is CCC(=O)Nc1ccc(CCc2nc3ccccc3[nH]2)cc1. The zero-order valence-corrected chi connectivity index (χ0v) is 12.6. The molecule has 3 rings (SSSR count). The van der Waals surface area contributed by atoms with Crippen molar-refractivity contribution < 1.29 is 4.79 Å². The van der Waals surface area contributed by atoms with Crippen molar-refractivity contribution >= 4 is 22.6 Å². The van der Waals surface area contributed by atoms with Crippen molar-refractivity contribution in [1.29, 1.82) is 0 Å². The van der Waals surface area contributed by atoms with Gasteiger partial charge >= 0.3 is 0 Å². The first-order chi connectivity index (χ1) is 10.7. The van der Waals surface area contributed by atoms with Gasteiger partial charge in [0.2, 0.25) is 5.91 Å². The molecule has 0 fully saturated rings. The zero-order valence-electron chi connectivity index (χ0n) is 12.6. The van der Waals surface area contributed by atoms with Gasteiger partial charge in [0.1, 0.15) is 5.82 Å². The van der Waals surface area contributed by atoms with Gasteiger partial charge in [-0.15, -0.1) is 0 Å². The first kappa shape index (κ1) is 14.3. The smallest absolute Gasteiger partial charge is 0.224 e. The molecule has 0 aliphatic rings. The van der Waals surface area contributed by atoms with E-state index in [1.165, 1.54) is 5.56 Å².